The van der Waals surface area contributed by atoms with E-state index < -0.39 is 0 Å². The average molecular weight is 331 g/mol. The lowest BCUT2D eigenvalue weighted by Gasteiger charge is -2.09. The number of carbonyl (C=O) groups excluding carboxylic acids is 1. The van der Waals surface area contributed by atoms with E-state index in [1.165, 1.54) is 0 Å². The zero-order chi connectivity index (χ0) is 11.4. The largest absolute Gasteiger partial charge is 0.300 e. The first-order valence-electron chi connectivity index (χ1n) is 5.71. The van der Waals surface area contributed by atoms with E-state index in [0.717, 1.165) is 22.5 Å². The predicted octanol–water partition coefficient (Wildman–Crippen LogP) is 2.16. The van der Waals surface area contributed by atoms with Crippen molar-refractivity contribution in [1.82, 2.24) is 14.8 Å². The van der Waals surface area contributed by atoms with Gasteiger partial charge in [0.2, 0.25) is 3.83 Å². The van der Waals surface area contributed by atoms with Gasteiger partial charge in [-0.1, -0.05) is 0 Å². The molecule has 2 aliphatic carbocycles. The van der Waals surface area contributed by atoms with Crippen LogP contribution in [-0.2, 0) is 4.79 Å². The zero-order valence-electron chi connectivity index (χ0n) is 9.35. The van der Waals surface area contributed by atoms with Crippen LogP contribution in [0.4, 0.5) is 0 Å². The van der Waals surface area contributed by atoms with Crippen molar-refractivity contribution in [3.05, 3.63) is 9.66 Å². The molecule has 1 aromatic rings. The van der Waals surface area contributed by atoms with Crippen molar-refractivity contribution in [2.24, 2.45) is 11.8 Å². The van der Waals surface area contributed by atoms with Gasteiger partial charge in [-0.2, -0.15) is 0 Å². The smallest absolute Gasteiger partial charge is 0.211 e. The van der Waals surface area contributed by atoms with Crippen LogP contribution in [0.15, 0.2) is 0 Å². The molecule has 3 rings (SSSR count). The number of ketones is 1. The van der Waals surface area contributed by atoms with Crippen molar-refractivity contribution in [2.45, 2.75) is 38.6 Å². The van der Waals surface area contributed by atoms with Gasteiger partial charge in [0.15, 0.2) is 0 Å². The highest BCUT2D eigenvalue weighted by Crippen LogP contribution is 2.61. The molecule has 1 heterocycles. The van der Waals surface area contributed by atoms with Gasteiger partial charge in [0.1, 0.15) is 11.6 Å². The number of hydrogen-bond acceptors (Lipinski definition) is 3. The van der Waals surface area contributed by atoms with E-state index in [2.05, 4.69) is 46.5 Å². The summed E-state index contributed by atoms with van der Waals surface area (Å²) in [5.41, 5.74) is 0. The quantitative estimate of drug-likeness (QED) is 0.781. The Labute approximate surface area is 108 Å². The molecule has 3 atom stereocenters. The Balaban J connectivity index is 1.89. The van der Waals surface area contributed by atoms with Crippen LogP contribution in [-0.4, -0.2) is 20.5 Å². The molecule has 2 unspecified atom stereocenters. The molecule has 0 bridgehead atoms. The first-order valence-corrected chi connectivity index (χ1v) is 6.79. The predicted molar refractivity (Wildman–Crippen MR) is 67.1 cm³/mol. The molecule has 1 aromatic heterocycles. The lowest BCUT2D eigenvalue weighted by atomic mass is 10.1. The molecule has 0 aliphatic heterocycles. The van der Waals surface area contributed by atoms with Gasteiger partial charge in [-0.05, 0) is 25.7 Å². The topological polar surface area (TPSA) is 47.8 Å². The molecule has 0 spiro atoms. The highest BCUT2D eigenvalue weighted by atomic mass is 127. The molecular formula is C11H14IN3O. The minimum atomic E-state index is 0.350. The third-order valence-corrected chi connectivity index (χ3v) is 4.13. The minimum absolute atomic E-state index is 0.350. The Morgan fingerprint density at radius 1 is 1.38 bits per heavy atom. The maximum absolute atomic E-state index is 11.2. The van der Waals surface area contributed by atoms with E-state index in [0.29, 0.717) is 29.6 Å². The summed E-state index contributed by atoms with van der Waals surface area (Å²) in [6, 6.07) is 0.350. The molecule has 0 amide bonds. The first kappa shape index (κ1) is 10.7. The maximum Gasteiger partial charge on any atom is 0.211 e. The van der Waals surface area contributed by atoms with Crippen LogP contribution in [0.25, 0.3) is 0 Å². The second-order valence-electron chi connectivity index (χ2n) is 5.08. The van der Waals surface area contributed by atoms with Crippen molar-refractivity contribution in [3.8, 4) is 0 Å². The molecule has 4 nitrogen and oxygen atoms in total. The Hall–Kier alpha value is -0.460. The lowest BCUT2D eigenvalue weighted by molar-refractivity contribution is -0.118. The van der Waals surface area contributed by atoms with E-state index in [1.807, 2.05) is 4.68 Å². The summed E-state index contributed by atoms with van der Waals surface area (Å²) < 4.78 is 2.84. The van der Waals surface area contributed by atoms with E-state index in [-0.39, 0.29) is 0 Å². The Morgan fingerprint density at radius 2 is 2.00 bits per heavy atom. The lowest BCUT2D eigenvalue weighted by Crippen LogP contribution is -2.10. The van der Waals surface area contributed by atoms with E-state index in [4.69, 9.17) is 0 Å². The normalized spacial score (nSPS) is 32.2. The highest BCUT2D eigenvalue weighted by molar-refractivity contribution is 14.1. The van der Waals surface area contributed by atoms with E-state index in [9.17, 15) is 4.79 Å². The summed E-state index contributed by atoms with van der Waals surface area (Å²) in [6.45, 7) is 4.25. The number of Topliss-reactive ketones (excluding diaryl/α,β-unsaturated/α-hetero) is 1. The Morgan fingerprint density at radius 3 is 2.56 bits per heavy atom. The first-order chi connectivity index (χ1) is 7.58. The number of carbonyl (C=O) groups is 1. The maximum atomic E-state index is 11.2. The second-order valence-corrected chi connectivity index (χ2v) is 6.04. The van der Waals surface area contributed by atoms with Crippen molar-refractivity contribution < 1.29 is 4.79 Å². The molecular weight excluding hydrogens is 317 g/mol. The molecule has 2 saturated carbocycles. The summed E-state index contributed by atoms with van der Waals surface area (Å²) in [5.74, 6) is 3.14. The summed E-state index contributed by atoms with van der Waals surface area (Å²) in [4.78, 5) is 15.8. The second kappa shape index (κ2) is 3.51. The molecule has 2 fully saturated rings. The summed E-state index contributed by atoms with van der Waals surface area (Å²) in [5, 5.41) is 4.42. The summed E-state index contributed by atoms with van der Waals surface area (Å²) >= 11 is 2.16. The van der Waals surface area contributed by atoms with Crippen molar-refractivity contribution >= 4 is 28.4 Å². The SMILES string of the molecule is CC(C)n1nc(I)nc1C1C2CC(=O)C[C@@H]21. The molecule has 2 aliphatic rings. The van der Waals surface area contributed by atoms with Crippen molar-refractivity contribution in [2.75, 3.05) is 0 Å². The van der Waals surface area contributed by atoms with Crippen molar-refractivity contribution in [1.29, 1.82) is 0 Å². The Kier molecular flexibility index (Phi) is 2.35. The number of hydrogen-bond donors (Lipinski definition) is 0. The third kappa shape index (κ3) is 1.51. The van der Waals surface area contributed by atoms with E-state index in [1.54, 1.807) is 0 Å². The average Bonchev–Trinajstić information content (AvgIpc) is 2.60. The number of halogens is 1. The number of nitrogens with zero attached hydrogens (tertiary/aromatic N) is 3. The molecule has 16 heavy (non-hydrogen) atoms. The molecule has 0 radical (unpaired) electrons. The Bertz CT molecular complexity index is 440. The van der Waals surface area contributed by atoms with Crippen LogP contribution in [0.2, 0.25) is 0 Å². The van der Waals surface area contributed by atoms with Crippen LogP contribution in [0.1, 0.15) is 44.5 Å². The number of aromatic nitrogens is 3. The summed E-state index contributed by atoms with van der Waals surface area (Å²) in [6.07, 6.45) is 1.52. The zero-order valence-corrected chi connectivity index (χ0v) is 11.5. The summed E-state index contributed by atoms with van der Waals surface area (Å²) in [7, 11) is 0. The van der Waals surface area contributed by atoms with Gasteiger partial charge in [-0.15, -0.1) is 5.10 Å². The van der Waals surface area contributed by atoms with Gasteiger partial charge < -0.3 is 0 Å². The van der Waals surface area contributed by atoms with Crippen LogP contribution >= 0.6 is 22.6 Å². The minimum Gasteiger partial charge on any atom is -0.300 e. The van der Waals surface area contributed by atoms with Gasteiger partial charge in [-0.25, -0.2) is 9.67 Å². The third-order valence-electron chi connectivity index (χ3n) is 3.68. The fourth-order valence-electron chi connectivity index (χ4n) is 2.91. The van der Waals surface area contributed by atoms with Crippen LogP contribution < -0.4 is 0 Å². The van der Waals surface area contributed by atoms with Gasteiger partial charge in [-0.3, -0.25) is 4.79 Å². The van der Waals surface area contributed by atoms with Crippen LogP contribution in [0, 0.1) is 15.7 Å². The van der Waals surface area contributed by atoms with E-state index >= 15 is 0 Å². The molecule has 0 N–H and O–H groups in total. The standard InChI is InChI=1S/C11H14IN3O/c1-5(2)15-10(13-11(12)14-15)9-7-3-6(16)4-8(7)9/h5,7-9H,3-4H2,1-2H3/t7-,8?,9?/m0/s1. The molecule has 86 valence electrons. The fraction of sp³-hybridized carbons (Fsp3) is 0.727. The number of rotatable bonds is 2. The monoisotopic (exact) mass is 331 g/mol. The van der Waals surface area contributed by atoms with Gasteiger partial charge in [0, 0.05) is 47.4 Å². The van der Waals surface area contributed by atoms with Gasteiger partial charge in [0.05, 0.1) is 0 Å². The van der Waals surface area contributed by atoms with Gasteiger partial charge in [0.25, 0.3) is 0 Å². The van der Waals surface area contributed by atoms with Gasteiger partial charge >= 0.3 is 0 Å². The molecule has 5 heteroatoms. The van der Waals surface area contributed by atoms with Crippen molar-refractivity contribution in [3.63, 3.8) is 0 Å². The molecule has 0 aromatic carbocycles. The highest BCUT2D eigenvalue weighted by Gasteiger charge is 2.58. The number of fused-ring (bicyclic) bond motifs is 1. The van der Waals surface area contributed by atoms with Crippen LogP contribution in [0.3, 0.4) is 0 Å². The fourth-order valence-corrected chi connectivity index (χ4v) is 3.39. The molecule has 0 saturated heterocycles. The van der Waals surface area contributed by atoms with Crippen LogP contribution in [0.5, 0.6) is 0 Å².